The van der Waals surface area contributed by atoms with Crippen LogP contribution in [0.15, 0.2) is 73.1 Å². The lowest BCUT2D eigenvalue weighted by molar-refractivity contribution is -0.125. The fraction of sp³-hybridized carbons (Fsp3) is 0.217. The van der Waals surface area contributed by atoms with Crippen molar-refractivity contribution in [2.24, 2.45) is 0 Å². The van der Waals surface area contributed by atoms with Gasteiger partial charge < -0.3 is 4.90 Å². The number of rotatable bonds is 6. The van der Waals surface area contributed by atoms with Crippen molar-refractivity contribution in [3.05, 3.63) is 89.8 Å². The van der Waals surface area contributed by atoms with Crippen molar-refractivity contribution < 1.29 is 4.79 Å². The minimum absolute atomic E-state index is 0.0320. The Morgan fingerprint density at radius 2 is 1.81 bits per heavy atom. The van der Waals surface area contributed by atoms with Gasteiger partial charge in [-0.3, -0.25) is 4.79 Å². The van der Waals surface area contributed by atoms with E-state index in [0.717, 1.165) is 16.8 Å². The smallest absolute Gasteiger partial charge is 0.246 e. The molecule has 0 radical (unpaired) electrons. The van der Waals surface area contributed by atoms with Gasteiger partial charge in [-0.25, -0.2) is 4.68 Å². The summed E-state index contributed by atoms with van der Waals surface area (Å²) in [5, 5.41) is 4.38. The lowest BCUT2D eigenvalue weighted by Crippen LogP contribution is -2.23. The van der Waals surface area contributed by atoms with Crippen molar-refractivity contribution >= 4 is 12.0 Å². The molecule has 0 atom stereocenters. The standard InChI is InChI=1S/C23H25N3O/c1-18(2)21-12-9-19(10-13-21)11-14-23(27)25(3)16-20-15-24-26(17-20)22-7-5-4-6-8-22/h4-15,17-18H,16H2,1-3H3/b14-11+. The van der Waals surface area contributed by atoms with E-state index in [4.69, 9.17) is 0 Å². The van der Waals surface area contributed by atoms with Gasteiger partial charge in [0.25, 0.3) is 0 Å². The minimum Gasteiger partial charge on any atom is -0.338 e. The lowest BCUT2D eigenvalue weighted by Gasteiger charge is -2.13. The molecule has 138 valence electrons. The Balaban J connectivity index is 1.60. The van der Waals surface area contributed by atoms with Crippen LogP contribution in [0, 0.1) is 0 Å². The summed E-state index contributed by atoms with van der Waals surface area (Å²) in [5.74, 6) is 0.475. The Kier molecular flexibility index (Phi) is 5.87. The highest BCUT2D eigenvalue weighted by atomic mass is 16.2. The fourth-order valence-corrected chi connectivity index (χ4v) is 2.80. The highest BCUT2D eigenvalue weighted by molar-refractivity contribution is 5.91. The second-order valence-electron chi connectivity index (χ2n) is 6.98. The molecular formula is C23H25N3O. The number of aromatic nitrogens is 2. The molecule has 3 rings (SSSR count). The topological polar surface area (TPSA) is 38.1 Å². The van der Waals surface area contributed by atoms with Crippen molar-refractivity contribution in [2.45, 2.75) is 26.3 Å². The summed E-state index contributed by atoms with van der Waals surface area (Å²) in [6.07, 6.45) is 7.22. The molecule has 0 N–H and O–H groups in total. The van der Waals surface area contributed by atoms with E-state index < -0.39 is 0 Å². The van der Waals surface area contributed by atoms with Gasteiger partial charge in [-0.15, -0.1) is 0 Å². The zero-order chi connectivity index (χ0) is 19.2. The average Bonchev–Trinajstić information content (AvgIpc) is 3.15. The van der Waals surface area contributed by atoms with Crippen LogP contribution in [0.4, 0.5) is 0 Å². The monoisotopic (exact) mass is 359 g/mol. The van der Waals surface area contributed by atoms with Crippen molar-refractivity contribution in [3.63, 3.8) is 0 Å². The summed E-state index contributed by atoms with van der Waals surface area (Å²) in [5.41, 5.74) is 4.32. The van der Waals surface area contributed by atoms with E-state index in [0.29, 0.717) is 12.5 Å². The molecule has 1 aromatic heterocycles. The molecule has 1 heterocycles. The van der Waals surface area contributed by atoms with E-state index in [-0.39, 0.29) is 5.91 Å². The first kappa shape index (κ1) is 18.6. The maximum atomic E-state index is 12.4. The Bertz CT molecular complexity index is 908. The van der Waals surface area contributed by atoms with Gasteiger partial charge in [0.1, 0.15) is 0 Å². The molecule has 0 unspecified atom stereocenters. The SMILES string of the molecule is CC(C)c1ccc(/C=C/C(=O)N(C)Cc2cnn(-c3ccccc3)c2)cc1. The molecule has 0 aliphatic rings. The van der Waals surface area contributed by atoms with Crippen LogP contribution in [0.2, 0.25) is 0 Å². The molecule has 2 aromatic carbocycles. The fourth-order valence-electron chi connectivity index (χ4n) is 2.80. The maximum absolute atomic E-state index is 12.4. The number of amides is 1. The number of hydrogen-bond acceptors (Lipinski definition) is 2. The van der Waals surface area contributed by atoms with Crippen molar-refractivity contribution in [3.8, 4) is 5.69 Å². The molecule has 0 bridgehead atoms. The molecule has 4 nitrogen and oxygen atoms in total. The van der Waals surface area contributed by atoms with E-state index in [1.54, 1.807) is 24.2 Å². The number of hydrogen-bond donors (Lipinski definition) is 0. The van der Waals surface area contributed by atoms with Crippen molar-refractivity contribution in [1.29, 1.82) is 0 Å². The van der Waals surface area contributed by atoms with Crippen molar-refractivity contribution in [2.75, 3.05) is 7.05 Å². The second-order valence-corrected chi connectivity index (χ2v) is 6.98. The Hall–Kier alpha value is -3.14. The van der Waals surface area contributed by atoms with E-state index in [1.807, 2.05) is 59.4 Å². The molecule has 27 heavy (non-hydrogen) atoms. The Morgan fingerprint density at radius 1 is 1.11 bits per heavy atom. The molecule has 0 aliphatic heterocycles. The van der Waals surface area contributed by atoms with E-state index in [1.165, 1.54) is 5.56 Å². The summed E-state index contributed by atoms with van der Waals surface area (Å²) in [6, 6.07) is 18.2. The Labute approximate surface area is 160 Å². The van der Waals surface area contributed by atoms with Crippen LogP contribution in [0.1, 0.15) is 36.5 Å². The normalized spacial score (nSPS) is 11.3. The third-order valence-corrected chi connectivity index (χ3v) is 4.47. The van der Waals surface area contributed by atoms with Crippen LogP contribution in [-0.4, -0.2) is 27.6 Å². The van der Waals surface area contributed by atoms with Gasteiger partial charge in [-0.2, -0.15) is 5.10 Å². The third kappa shape index (κ3) is 4.94. The zero-order valence-corrected chi connectivity index (χ0v) is 16.0. The summed E-state index contributed by atoms with van der Waals surface area (Å²) in [7, 11) is 1.80. The predicted octanol–water partition coefficient (Wildman–Crippen LogP) is 4.67. The largest absolute Gasteiger partial charge is 0.338 e. The molecule has 4 heteroatoms. The van der Waals surface area contributed by atoms with Gasteiger partial charge in [0.05, 0.1) is 11.9 Å². The lowest BCUT2D eigenvalue weighted by atomic mass is 10.0. The van der Waals surface area contributed by atoms with Gasteiger partial charge in [-0.05, 0) is 35.3 Å². The van der Waals surface area contributed by atoms with Crippen LogP contribution in [0.25, 0.3) is 11.8 Å². The summed E-state index contributed by atoms with van der Waals surface area (Å²) in [6.45, 7) is 4.86. The van der Waals surface area contributed by atoms with Crippen LogP contribution in [0.3, 0.4) is 0 Å². The van der Waals surface area contributed by atoms with E-state index in [2.05, 4.69) is 31.1 Å². The number of likely N-dealkylation sites (N-methyl/N-ethyl adjacent to an activating group) is 1. The van der Waals surface area contributed by atoms with Crippen LogP contribution >= 0.6 is 0 Å². The quantitative estimate of drug-likeness (QED) is 0.600. The maximum Gasteiger partial charge on any atom is 0.246 e. The second kappa shape index (κ2) is 8.49. The molecule has 1 amide bonds. The molecule has 0 aliphatic carbocycles. The minimum atomic E-state index is -0.0320. The van der Waals surface area contributed by atoms with E-state index in [9.17, 15) is 4.79 Å². The molecule has 3 aromatic rings. The molecule has 0 spiro atoms. The summed E-state index contributed by atoms with van der Waals surface area (Å²) >= 11 is 0. The van der Waals surface area contributed by atoms with Crippen LogP contribution in [-0.2, 0) is 11.3 Å². The molecular weight excluding hydrogens is 334 g/mol. The number of nitrogens with zero attached hydrogens (tertiary/aromatic N) is 3. The first-order chi connectivity index (χ1) is 13.0. The Morgan fingerprint density at radius 3 is 2.48 bits per heavy atom. The van der Waals surface area contributed by atoms with Crippen LogP contribution < -0.4 is 0 Å². The van der Waals surface area contributed by atoms with Gasteiger partial charge in [-0.1, -0.05) is 56.3 Å². The number of carbonyl (C=O) groups is 1. The predicted molar refractivity (Wildman–Crippen MR) is 110 cm³/mol. The third-order valence-electron chi connectivity index (χ3n) is 4.47. The highest BCUT2D eigenvalue weighted by Crippen LogP contribution is 2.15. The molecule has 0 saturated heterocycles. The summed E-state index contributed by atoms with van der Waals surface area (Å²) in [4.78, 5) is 14.1. The van der Waals surface area contributed by atoms with Gasteiger partial charge >= 0.3 is 0 Å². The highest BCUT2D eigenvalue weighted by Gasteiger charge is 2.08. The van der Waals surface area contributed by atoms with Crippen LogP contribution in [0.5, 0.6) is 0 Å². The average molecular weight is 359 g/mol. The number of carbonyl (C=O) groups excluding carboxylic acids is 1. The van der Waals surface area contributed by atoms with Gasteiger partial charge in [0, 0.05) is 31.4 Å². The van der Waals surface area contributed by atoms with E-state index >= 15 is 0 Å². The first-order valence-corrected chi connectivity index (χ1v) is 9.15. The number of para-hydroxylation sites is 1. The summed E-state index contributed by atoms with van der Waals surface area (Å²) < 4.78 is 1.82. The van der Waals surface area contributed by atoms with Crippen molar-refractivity contribution in [1.82, 2.24) is 14.7 Å². The van der Waals surface area contributed by atoms with Gasteiger partial charge in [0.2, 0.25) is 5.91 Å². The molecule has 0 fully saturated rings. The van der Waals surface area contributed by atoms with Gasteiger partial charge in [0.15, 0.2) is 0 Å². The number of benzene rings is 2. The molecule has 0 saturated carbocycles. The first-order valence-electron chi connectivity index (χ1n) is 9.15. The zero-order valence-electron chi connectivity index (χ0n) is 16.0.